The van der Waals surface area contributed by atoms with Gasteiger partial charge < -0.3 is 134 Å². The fourth-order valence-electron chi connectivity index (χ4n) is 13.5. The van der Waals surface area contributed by atoms with Crippen LogP contribution >= 0.6 is 11.8 Å². The van der Waals surface area contributed by atoms with Crippen LogP contribution in [0.2, 0.25) is 0 Å². The number of carbonyl (C=O) groups excluding carboxylic acids is 14. The first-order valence-corrected chi connectivity index (χ1v) is 46.2. The second kappa shape index (κ2) is 67.2. The lowest BCUT2D eigenvalue weighted by atomic mass is 10.0. The number of carboxylic acids is 1. The molecule has 0 spiro atoms. The summed E-state index contributed by atoms with van der Waals surface area (Å²) in [5, 5.41) is 85.4. The highest BCUT2D eigenvalue weighted by atomic mass is 32.2. The Labute approximate surface area is 751 Å². The van der Waals surface area contributed by atoms with Crippen LogP contribution in [0.3, 0.4) is 0 Å². The summed E-state index contributed by atoms with van der Waals surface area (Å²) >= 11 is 1.21. The molecule has 127 heavy (non-hydrogen) atoms. The molecular formula is C83H153N25O18S. The lowest BCUT2D eigenvalue weighted by Crippen LogP contribution is -2.62. The smallest absolute Gasteiger partial charge is 0.305 e. The number of aromatic nitrogens is 2. The van der Waals surface area contributed by atoms with Gasteiger partial charge in [-0.3, -0.25) is 82.7 Å². The van der Waals surface area contributed by atoms with E-state index in [1.165, 1.54) is 82.6 Å². The Kier molecular flexibility index (Phi) is 60.9. The van der Waals surface area contributed by atoms with Gasteiger partial charge in [-0.15, -0.1) is 0 Å². The van der Waals surface area contributed by atoms with Crippen LogP contribution in [-0.4, -0.2) is 262 Å². The minimum atomic E-state index is -2.05. The molecule has 1 heterocycles. The summed E-state index contributed by atoms with van der Waals surface area (Å²) in [6, 6.07) is -19.7. The minimum Gasteiger partial charge on any atom is -0.481 e. The van der Waals surface area contributed by atoms with Crippen molar-refractivity contribution in [1.82, 2.24) is 89.7 Å². The fraction of sp³-hybridized carbons (Fsp3) is 0.759. The van der Waals surface area contributed by atoms with Crippen LogP contribution in [0.25, 0.3) is 0 Å². The van der Waals surface area contributed by atoms with Crippen molar-refractivity contribution in [3.8, 4) is 0 Å². The zero-order valence-corrected chi connectivity index (χ0v) is 76.6. The number of unbranched alkanes of at least 4 members (excludes halogenated alkanes) is 15. The van der Waals surface area contributed by atoms with Crippen molar-refractivity contribution in [2.45, 2.75) is 339 Å². The highest BCUT2D eigenvalue weighted by molar-refractivity contribution is 7.98. The van der Waals surface area contributed by atoms with Crippen molar-refractivity contribution in [1.29, 1.82) is 10.8 Å². The molecule has 0 radical (unpaired) electrons. The number of carboxylic acid groups (broad SMARTS) is 1. The van der Waals surface area contributed by atoms with Gasteiger partial charge in [0.05, 0.1) is 31.2 Å². The monoisotopic (exact) mass is 1820 g/mol. The maximum absolute atomic E-state index is 14.6. The van der Waals surface area contributed by atoms with E-state index in [1.807, 2.05) is 0 Å². The normalized spacial score (nSPS) is 14.5. The fourth-order valence-corrected chi connectivity index (χ4v) is 14.0. The van der Waals surface area contributed by atoms with E-state index in [9.17, 15) is 87.2 Å². The number of thioether (sulfide) groups is 1. The highest BCUT2D eigenvalue weighted by Gasteiger charge is 2.39. The number of nitrogens with zero attached hydrogens (tertiary/aromatic N) is 1. The quantitative estimate of drug-likeness (QED) is 0.0188. The second-order valence-electron chi connectivity index (χ2n) is 33.0. The maximum atomic E-state index is 14.6. The van der Waals surface area contributed by atoms with Gasteiger partial charge in [-0.1, -0.05) is 112 Å². The molecule has 43 nitrogen and oxygen atoms in total. The summed E-state index contributed by atoms with van der Waals surface area (Å²) in [5.74, 6) is -15.8. The Morgan fingerprint density at radius 3 is 1.14 bits per heavy atom. The Bertz CT molecular complexity index is 3510. The number of amides is 14. The Morgan fingerprint density at radius 2 is 0.764 bits per heavy atom. The molecule has 0 aliphatic heterocycles. The number of guanidine groups is 2. The Balaban J connectivity index is 3.53. The molecule has 0 saturated carbocycles. The zero-order chi connectivity index (χ0) is 95.3. The van der Waals surface area contributed by atoms with E-state index >= 15 is 0 Å². The number of nitrogens with two attached hydrogens (primary N) is 6. The van der Waals surface area contributed by atoms with Gasteiger partial charge in [0.15, 0.2) is 11.9 Å². The molecule has 0 saturated heterocycles. The van der Waals surface area contributed by atoms with E-state index in [0.29, 0.717) is 50.8 Å². The van der Waals surface area contributed by atoms with Gasteiger partial charge in [-0.05, 0) is 166 Å². The van der Waals surface area contributed by atoms with Gasteiger partial charge in [0, 0.05) is 32.1 Å². The molecule has 0 unspecified atom stereocenters. The Morgan fingerprint density at radius 1 is 0.417 bits per heavy atom. The molecule has 724 valence electrons. The van der Waals surface area contributed by atoms with Crippen LogP contribution in [0, 0.1) is 22.7 Å². The number of aliphatic carboxylic acids is 1. The molecule has 0 bridgehead atoms. The second-order valence-corrected chi connectivity index (χ2v) is 34.0. The summed E-state index contributed by atoms with van der Waals surface area (Å²) in [6.07, 6.45) is 18.6. The third-order valence-electron chi connectivity index (χ3n) is 20.7. The third kappa shape index (κ3) is 51.5. The molecule has 1 aromatic rings. The molecule has 14 atom stereocenters. The van der Waals surface area contributed by atoms with Crippen molar-refractivity contribution in [2.75, 3.05) is 51.3 Å². The predicted octanol–water partition coefficient (Wildman–Crippen LogP) is -2.15. The average molecular weight is 1820 g/mol. The van der Waals surface area contributed by atoms with Crippen molar-refractivity contribution in [2.24, 2.45) is 46.2 Å². The number of aromatic amines is 1. The van der Waals surface area contributed by atoms with Crippen LogP contribution in [0.15, 0.2) is 12.5 Å². The topological polar surface area (TPSA) is 730 Å². The van der Waals surface area contributed by atoms with Crippen molar-refractivity contribution < 1.29 is 87.2 Å². The van der Waals surface area contributed by atoms with E-state index in [0.717, 1.165) is 32.6 Å². The highest BCUT2D eigenvalue weighted by Crippen LogP contribution is 2.17. The molecule has 14 amide bonds. The number of aliphatic hydroxyl groups excluding tert-OH is 2. The molecule has 1 rings (SSSR count). The Hall–Kier alpha value is -10.1. The summed E-state index contributed by atoms with van der Waals surface area (Å²) in [4.78, 5) is 216. The number of imidazole rings is 1. The molecule has 0 fully saturated rings. The number of hydrogen-bond donors (Lipinski definition) is 27. The zero-order valence-electron chi connectivity index (χ0n) is 75.8. The van der Waals surface area contributed by atoms with E-state index < -0.39 is 186 Å². The van der Waals surface area contributed by atoms with Crippen molar-refractivity contribution in [3.63, 3.8) is 0 Å². The van der Waals surface area contributed by atoms with Crippen LogP contribution in [-0.2, 0) is 78.3 Å². The molecular weight excluding hydrogens is 1670 g/mol. The van der Waals surface area contributed by atoms with Crippen LogP contribution in [0.5, 0.6) is 0 Å². The first-order chi connectivity index (χ1) is 60.4. The van der Waals surface area contributed by atoms with Gasteiger partial charge in [-0.2, -0.15) is 11.8 Å². The predicted molar refractivity (Wildman–Crippen MR) is 483 cm³/mol. The number of carbonyl (C=O) groups is 15. The number of aliphatic hydroxyl groups is 2. The van der Waals surface area contributed by atoms with E-state index in [1.54, 1.807) is 34.0 Å². The number of primary amides is 1. The standard InChI is InChI=1S/C83H153N25O18S/c1-9-10-11-12-13-14-15-16-17-18-19-20-21-35-66(111)97-55(30-22-25-37-84)72(117)99-57(32-24-27-39-86)73(118)104-62(43-50(2)3)77(122)101-59(34-29-41-94-83(90)91)75(120)107-65(48-109)80(125)102-60(36-42-127-8)76(121)108-68(53(7)110)81(126)106-64(46-67(112)113)79(124)100-56(31-23-26-38-85)71(116)96-52(6)70(115)98-58(33-28-40-93-82(88)89)74(119)105-63(44-51(4)5)78(123)103-61(69(87)114)45-54-47-92-49-95-54/h47,49-53,55-65,68,109-110H,9-46,48,84-86H2,1-8H3,(H2,87,114)(H,92,95)(H,96,116)(H,97,111)(H,98,115)(H,99,117)(H,100,124)(H,101,122)(H,102,125)(H,103,123)(H,104,118)(H,105,119)(H,106,126)(H,107,120)(H,108,121)(H,112,113)(H4,88,89,93)(H4,90,91,94)/t52-,53+,55-,56-,57-,58-,59-,60-,61-,62-,63-,64-,65-,68-/m0/s1. The van der Waals surface area contributed by atoms with Gasteiger partial charge in [0.25, 0.3) is 0 Å². The maximum Gasteiger partial charge on any atom is 0.305 e. The van der Waals surface area contributed by atoms with Gasteiger partial charge in [0.1, 0.15) is 78.5 Å². The minimum absolute atomic E-state index is 0.00326. The third-order valence-corrected chi connectivity index (χ3v) is 21.3. The first-order valence-electron chi connectivity index (χ1n) is 44.8. The molecule has 44 heteroatoms. The number of H-pyrrole nitrogens is 1. The van der Waals surface area contributed by atoms with Crippen LogP contribution in [0.1, 0.15) is 253 Å². The first kappa shape index (κ1) is 115. The summed E-state index contributed by atoms with van der Waals surface area (Å²) in [5.41, 5.74) is 34.5. The lowest BCUT2D eigenvalue weighted by molar-refractivity contribution is -0.142. The summed E-state index contributed by atoms with van der Waals surface area (Å²) in [7, 11) is 0. The van der Waals surface area contributed by atoms with Gasteiger partial charge in [0.2, 0.25) is 82.7 Å². The SMILES string of the molecule is CCCCCCCCCCCCCCCC(=O)N[C@@H](CCCCN)C(=O)N[C@@H](CCCCN)C(=O)N[C@@H](CC(C)C)C(=O)N[C@@H](CCCNC(=N)N)C(=O)N[C@@H](CO)C(=O)N[C@@H](CCSC)C(=O)N[C@H](C(=O)N[C@@H](CC(=O)O)C(=O)N[C@@H](CCCCN)C(=O)N[C@@H](C)C(=O)N[C@@H](CCCNC(=N)N)C(=O)N[C@@H](CC(C)C)C(=O)N[C@@H](Cc1c[nH]cn1)C(N)=O)[C@@H](C)O. The average Bonchev–Trinajstić information content (AvgIpc) is 1.01. The summed E-state index contributed by atoms with van der Waals surface area (Å²) in [6.45, 7) is 11.3. The van der Waals surface area contributed by atoms with Gasteiger partial charge in [-0.25, -0.2) is 4.98 Å². The van der Waals surface area contributed by atoms with E-state index in [4.69, 9.17) is 45.2 Å². The summed E-state index contributed by atoms with van der Waals surface area (Å²) < 4.78 is 0. The van der Waals surface area contributed by atoms with E-state index in [2.05, 4.69) is 96.6 Å². The molecule has 33 N–H and O–H groups in total. The van der Waals surface area contributed by atoms with Crippen molar-refractivity contribution >= 4 is 112 Å². The van der Waals surface area contributed by atoms with Crippen LogP contribution < -0.4 is 114 Å². The molecule has 0 aliphatic carbocycles. The van der Waals surface area contributed by atoms with Crippen LogP contribution in [0.4, 0.5) is 0 Å². The number of hydrogen-bond acceptors (Lipinski definition) is 24. The number of nitrogens with one attached hydrogen (secondary N) is 18. The number of rotatable bonds is 73. The molecule has 0 aliphatic rings. The van der Waals surface area contributed by atoms with E-state index in [-0.39, 0.29) is 139 Å². The molecule has 1 aromatic heterocycles. The largest absolute Gasteiger partial charge is 0.481 e. The molecule has 0 aromatic carbocycles. The van der Waals surface area contributed by atoms with Crippen molar-refractivity contribution in [3.05, 3.63) is 18.2 Å². The lowest BCUT2D eigenvalue weighted by Gasteiger charge is -2.29. The van der Waals surface area contributed by atoms with Gasteiger partial charge >= 0.3 is 5.97 Å².